The number of carbonyl (C=O) groups is 1. The summed E-state index contributed by atoms with van der Waals surface area (Å²) >= 11 is 1.89. The Kier molecular flexibility index (Phi) is 4.93. The van der Waals surface area contributed by atoms with Crippen molar-refractivity contribution in [3.8, 4) is 0 Å². The molecule has 5 heteroatoms. The lowest BCUT2D eigenvalue weighted by Gasteiger charge is -2.37. The first-order valence-electron chi connectivity index (χ1n) is 8.01. The van der Waals surface area contributed by atoms with E-state index in [4.69, 9.17) is 0 Å². The molecule has 1 aromatic carbocycles. The molecule has 3 rings (SSSR count). The molecule has 2 N–H and O–H groups in total. The third kappa shape index (κ3) is 3.10. The van der Waals surface area contributed by atoms with Gasteiger partial charge in [-0.15, -0.1) is 0 Å². The number of carbonyl (C=O) groups excluding carboxylic acids is 1. The second kappa shape index (κ2) is 6.92. The lowest BCUT2D eigenvalue weighted by atomic mass is 9.93. The Morgan fingerprint density at radius 2 is 2.23 bits per heavy atom. The first-order chi connectivity index (χ1) is 10.7. The van der Waals surface area contributed by atoms with Crippen molar-refractivity contribution < 1.29 is 9.90 Å². The highest BCUT2D eigenvalue weighted by Gasteiger charge is 2.32. The molecule has 4 nitrogen and oxygen atoms in total. The van der Waals surface area contributed by atoms with E-state index in [2.05, 4.69) is 17.6 Å². The number of hydrogen-bond acceptors (Lipinski definition) is 3. The molecular weight excluding hydrogens is 296 g/mol. The third-order valence-electron chi connectivity index (χ3n) is 4.89. The molecule has 120 valence electrons. The van der Waals surface area contributed by atoms with Crippen LogP contribution in [0.3, 0.4) is 0 Å². The number of nitrogens with zero attached hydrogens (tertiary/aromatic N) is 1. The highest BCUT2D eigenvalue weighted by atomic mass is 32.2. The smallest absolute Gasteiger partial charge is 0.318 e. The van der Waals surface area contributed by atoms with Gasteiger partial charge in [-0.2, -0.15) is 11.8 Å². The van der Waals surface area contributed by atoms with Crippen LogP contribution in [0.1, 0.15) is 36.4 Å². The molecule has 22 heavy (non-hydrogen) atoms. The van der Waals surface area contributed by atoms with Crippen LogP contribution >= 0.6 is 11.8 Å². The van der Waals surface area contributed by atoms with Gasteiger partial charge in [-0.3, -0.25) is 0 Å². The van der Waals surface area contributed by atoms with Gasteiger partial charge in [0.25, 0.3) is 0 Å². The predicted octanol–water partition coefficient (Wildman–Crippen LogP) is 2.57. The zero-order valence-corrected chi connectivity index (χ0v) is 13.8. The van der Waals surface area contributed by atoms with E-state index in [0.29, 0.717) is 11.8 Å². The number of benzene rings is 1. The lowest BCUT2D eigenvalue weighted by molar-refractivity contribution is 0.125. The van der Waals surface area contributed by atoms with Gasteiger partial charge in [0.05, 0.1) is 12.6 Å². The Morgan fingerprint density at radius 1 is 1.41 bits per heavy atom. The van der Waals surface area contributed by atoms with Gasteiger partial charge < -0.3 is 15.3 Å². The average molecular weight is 320 g/mol. The van der Waals surface area contributed by atoms with Crippen LogP contribution in [-0.2, 0) is 6.42 Å². The van der Waals surface area contributed by atoms with E-state index in [1.807, 2.05) is 30.0 Å². The summed E-state index contributed by atoms with van der Waals surface area (Å²) in [5, 5.41) is 13.6. The van der Waals surface area contributed by atoms with Gasteiger partial charge >= 0.3 is 6.03 Å². The molecule has 0 radical (unpaired) electrons. The van der Waals surface area contributed by atoms with Crippen LogP contribution in [0.25, 0.3) is 0 Å². The number of hydrogen-bond donors (Lipinski definition) is 2. The predicted molar refractivity (Wildman–Crippen MR) is 90.2 cm³/mol. The summed E-state index contributed by atoms with van der Waals surface area (Å²) in [5.74, 6) is 0. The zero-order chi connectivity index (χ0) is 15.5. The van der Waals surface area contributed by atoms with Crippen LogP contribution in [0.5, 0.6) is 0 Å². The van der Waals surface area contributed by atoms with Crippen molar-refractivity contribution in [2.45, 2.75) is 43.0 Å². The number of thioether (sulfide) groups is 1. The molecule has 2 amide bonds. The number of nitrogens with one attached hydrogen (secondary N) is 1. The van der Waals surface area contributed by atoms with Crippen molar-refractivity contribution in [3.05, 3.63) is 35.4 Å². The highest BCUT2D eigenvalue weighted by Crippen LogP contribution is 2.31. The third-order valence-corrected chi connectivity index (χ3v) is 5.99. The molecule has 1 aliphatic heterocycles. The van der Waals surface area contributed by atoms with Gasteiger partial charge in [0, 0.05) is 17.8 Å². The maximum Gasteiger partial charge on any atom is 0.318 e. The van der Waals surface area contributed by atoms with E-state index in [0.717, 1.165) is 24.8 Å². The number of aliphatic hydroxyl groups is 1. The maximum absolute atomic E-state index is 12.6. The van der Waals surface area contributed by atoms with Crippen LogP contribution in [0.15, 0.2) is 24.3 Å². The van der Waals surface area contributed by atoms with Gasteiger partial charge in [-0.05, 0) is 43.1 Å². The molecule has 0 aromatic heterocycles. The molecule has 1 saturated carbocycles. The summed E-state index contributed by atoms with van der Waals surface area (Å²) < 4.78 is 0. The van der Waals surface area contributed by atoms with Crippen molar-refractivity contribution in [1.82, 2.24) is 10.2 Å². The number of amides is 2. The summed E-state index contributed by atoms with van der Waals surface area (Å²) in [6.07, 6.45) is 6.29. The van der Waals surface area contributed by atoms with Crippen molar-refractivity contribution in [1.29, 1.82) is 0 Å². The van der Waals surface area contributed by atoms with Crippen LogP contribution in [0.2, 0.25) is 0 Å². The van der Waals surface area contributed by atoms with E-state index in [9.17, 15) is 9.90 Å². The quantitative estimate of drug-likeness (QED) is 0.900. The number of fused-ring (bicyclic) bond motifs is 1. The molecule has 2 aliphatic rings. The molecular formula is C17H24N2O2S. The second-order valence-corrected chi connectivity index (χ2v) is 7.30. The van der Waals surface area contributed by atoms with Gasteiger partial charge in [0.1, 0.15) is 0 Å². The summed E-state index contributed by atoms with van der Waals surface area (Å²) in [7, 11) is 0. The molecule has 1 aromatic rings. The van der Waals surface area contributed by atoms with Crippen molar-refractivity contribution in [2.24, 2.45) is 0 Å². The van der Waals surface area contributed by atoms with Crippen LogP contribution in [0.4, 0.5) is 4.79 Å². The fourth-order valence-corrected chi connectivity index (χ4v) is 4.43. The lowest BCUT2D eigenvalue weighted by Crippen LogP contribution is -2.49. The summed E-state index contributed by atoms with van der Waals surface area (Å²) in [5.41, 5.74) is 2.33. The average Bonchev–Trinajstić information content (AvgIpc) is 3.01. The minimum absolute atomic E-state index is 0.0253. The minimum Gasteiger partial charge on any atom is -0.394 e. The Labute approximate surface area is 136 Å². The second-order valence-electron chi connectivity index (χ2n) is 6.16. The highest BCUT2D eigenvalue weighted by molar-refractivity contribution is 7.99. The molecule has 1 heterocycles. The van der Waals surface area contributed by atoms with Crippen LogP contribution in [0, 0.1) is 0 Å². The van der Waals surface area contributed by atoms with E-state index < -0.39 is 0 Å². The molecule has 1 fully saturated rings. The minimum atomic E-state index is -0.220. The molecule has 3 atom stereocenters. The molecule has 0 unspecified atom stereocenters. The zero-order valence-electron chi connectivity index (χ0n) is 13.0. The Bertz CT molecular complexity index is 537. The standard InChI is InChI=1S/C17H24N2O2S/c1-22-14-7-6-13(10-14)18-17(21)19-9-8-12-4-2-3-5-15(12)16(19)11-20/h2-5,13-14,16,20H,6-11H2,1H3,(H,18,21)/t13-,14-,16+/m1/s1. The van der Waals surface area contributed by atoms with Crippen molar-refractivity contribution in [3.63, 3.8) is 0 Å². The Hall–Kier alpha value is -1.20. The van der Waals surface area contributed by atoms with Gasteiger partial charge in [-0.1, -0.05) is 24.3 Å². The van der Waals surface area contributed by atoms with Crippen LogP contribution < -0.4 is 5.32 Å². The van der Waals surface area contributed by atoms with E-state index in [1.165, 1.54) is 12.0 Å². The number of urea groups is 1. The fourth-order valence-electron chi connectivity index (χ4n) is 3.63. The van der Waals surface area contributed by atoms with Gasteiger partial charge in [0.15, 0.2) is 0 Å². The number of aliphatic hydroxyl groups excluding tert-OH is 1. The molecule has 0 bridgehead atoms. The van der Waals surface area contributed by atoms with Gasteiger partial charge in [0.2, 0.25) is 0 Å². The first-order valence-corrected chi connectivity index (χ1v) is 9.30. The summed E-state index contributed by atoms with van der Waals surface area (Å²) in [6.45, 7) is 0.648. The fraction of sp³-hybridized carbons (Fsp3) is 0.588. The monoisotopic (exact) mass is 320 g/mol. The largest absolute Gasteiger partial charge is 0.394 e. The SMILES string of the molecule is CS[C@@H]1CC[C@@H](NC(=O)N2CCc3ccccc3[C@@H]2CO)C1. The normalized spacial score (nSPS) is 27.5. The van der Waals surface area contributed by atoms with Crippen LogP contribution in [-0.4, -0.2) is 46.7 Å². The Balaban J connectivity index is 1.68. The molecule has 1 aliphatic carbocycles. The molecule has 0 saturated heterocycles. The first kappa shape index (κ1) is 15.7. The Morgan fingerprint density at radius 3 is 2.95 bits per heavy atom. The number of rotatable bonds is 3. The van der Waals surface area contributed by atoms with Gasteiger partial charge in [-0.25, -0.2) is 4.79 Å². The van der Waals surface area contributed by atoms with E-state index >= 15 is 0 Å². The van der Waals surface area contributed by atoms with E-state index in [-0.39, 0.29) is 24.7 Å². The van der Waals surface area contributed by atoms with E-state index in [1.54, 1.807) is 4.90 Å². The molecule has 0 spiro atoms. The summed E-state index contributed by atoms with van der Waals surface area (Å²) in [6, 6.07) is 8.14. The maximum atomic E-state index is 12.6. The van der Waals surface area contributed by atoms with Crippen molar-refractivity contribution in [2.75, 3.05) is 19.4 Å². The summed E-state index contributed by atoms with van der Waals surface area (Å²) in [4.78, 5) is 14.4. The topological polar surface area (TPSA) is 52.6 Å². The van der Waals surface area contributed by atoms with Crippen molar-refractivity contribution >= 4 is 17.8 Å².